The van der Waals surface area contributed by atoms with Gasteiger partial charge in [-0.2, -0.15) is 15.0 Å². The lowest BCUT2D eigenvalue weighted by molar-refractivity contribution is 0.0711. The molecule has 0 spiro atoms. The fourth-order valence-electron chi connectivity index (χ4n) is 5.33. The molecule has 3 saturated heterocycles. The Morgan fingerprint density at radius 3 is 2.24 bits per heavy atom. The van der Waals surface area contributed by atoms with E-state index in [1.54, 1.807) is 12.4 Å². The number of amides is 1. The Morgan fingerprint density at radius 1 is 0.966 bits per heavy atom. The predicted octanol–water partition coefficient (Wildman–Crippen LogP) is 1.92. The van der Waals surface area contributed by atoms with Crippen molar-refractivity contribution in [3.05, 3.63) is 59.7 Å². The average molecular weight is 387 g/mol. The summed E-state index contributed by atoms with van der Waals surface area (Å²) < 4.78 is 0. The van der Waals surface area contributed by atoms with Crippen molar-refractivity contribution in [2.45, 2.75) is 50.9 Å². The molecule has 6 rings (SSSR count). The molecule has 2 aromatic heterocycles. The van der Waals surface area contributed by atoms with E-state index in [1.807, 2.05) is 44.2 Å². The van der Waals surface area contributed by atoms with Crippen molar-refractivity contribution < 1.29 is 4.79 Å². The molecule has 3 fully saturated rings. The summed E-state index contributed by atoms with van der Waals surface area (Å²) >= 11 is 0. The molecule has 1 aromatic carbocycles. The van der Waals surface area contributed by atoms with E-state index < -0.39 is 0 Å². The third-order valence-corrected chi connectivity index (χ3v) is 6.37. The van der Waals surface area contributed by atoms with Crippen LogP contribution in [0.25, 0.3) is 5.69 Å². The second-order valence-corrected chi connectivity index (χ2v) is 8.10. The molecule has 8 nitrogen and oxygen atoms in total. The number of nitrogens with zero attached hydrogens (tertiary/aromatic N) is 7. The smallest absolute Gasteiger partial charge is 0.256 e. The zero-order chi connectivity index (χ0) is 19.7. The third-order valence-electron chi connectivity index (χ3n) is 6.37. The molecule has 0 N–H and O–H groups in total. The van der Waals surface area contributed by atoms with Crippen LogP contribution in [-0.2, 0) is 0 Å². The van der Waals surface area contributed by atoms with Crippen LogP contribution in [0.5, 0.6) is 0 Å². The van der Waals surface area contributed by atoms with Crippen molar-refractivity contribution in [3.8, 4) is 5.69 Å². The van der Waals surface area contributed by atoms with Gasteiger partial charge in [0.2, 0.25) is 5.95 Å². The Morgan fingerprint density at radius 2 is 1.59 bits per heavy atom. The average Bonchev–Trinajstić information content (AvgIpc) is 3.05. The van der Waals surface area contributed by atoms with Crippen LogP contribution in [0.1, 0.15) is 34.6 Å². The standard InChI is InChI=1S/C21H21N7O/c1-12-11-13(2)25-21(24-12)27-18-16-7-8-17(19(18)27)26(16)20(29)14-5-3-4-6-15(14)28-22-9-10-23-28/h3-6,9-11,16-19H,7-8H2,1-2H3. The first-order valence-corrected chi connectivity index (χ1v) is 10.0. The number of aromatic nitrogens is 5. The molecule has 29 heavy (non-hydrogen) atoms. The van der Waals surface area contributed by atoms with Gasteiger partial charge in [-0.05, 0) is 44.9 Å². The minimum absolute atomic E-state index is 0.0684. The topological polar surface area (TPSA) is 79.8 Å². The summed E-state index contributed by atoms with van der Waals surface area (Å²) in [6.45, 7) is 4.00. The van der Waals surface area contributed by atoms with E-state index in [-0.39, 0.29) is 18.0 Å². The normalized spacial score (nSPS) is 26.7. The van der Waals surface area contributed by atoms with Crippen LogP contribution >= 0.6 is 0 Å². The highest BCUT2D eigenvalue weighted by molar-refractivity contribution is 5.99. The van der Waals surface area contributed by atoms with Crippen LogP contribution in [0.4, 0.5) is 5.95 Å². The quantitative estimate of drug-likeness (QED) is 0.639. The van der Waals surface area contributed by atoms with Gasteiger partial charge in [0.1, 0.15) is 0 Å². The van der Waals surface area contributed by atoms with Gasteiger partial charge in [0, 0.05) is 11.4 Å². The summed E-state index contributed by atoms with van der Waals surface area (Å²) in [5.74, 6) is 0.876. The van der Waals surface area contributed by atoms with Gasteiger partial charge in [0.15, 0.2) is 0 Å². The molecule has 2 bridgehead atoms. The molecule has 0 radical (unpaired) electrons. The Hall–Kier alpha value is -3.29. The van der Waals surface area contributed by atoms with Crippen LogP contribution in [0.2, 0.25) is 0 Å². The molecule has 4 unspecified atom stereocenters. The number of fused-ring (bicyclic) bond motifs is 5. The summed E-state index contributed by atoms with van der Waals surface area (Å²) in [6.07, 6.45) is 5.30. The predicted molar refractivity (Wildman–Crippen MR) is 106 cm³/mol. The number of para-hydroxylation sites is 1. The molecule has 3 aliphatic heterocycles. The number of hydrogen-bond acceptors (Lipinski definition) is 6. The number of anilines is 1. The number of piperazine rings is 1. The van der Waals surface area contributed by atoms with Crippen molar-refractivity contribution in [3.63, 3.8) is 0 Å². The van der Waals surface area contributed by atoms with Gasteiger partial charge < -0.3 is 9.80 Å². The number of rotatable bonds is 3. The Bertz CT molecular complexity index is 1070. The maximum atomic E-state index is 13.5. The highest BCUT2D eigenvalue weighted by atomic mass is 16.2. The zero-order valence-corrected chi connectivity index (χ0v) is 16.3. The van der Waals surface area contributed by atoms with Gasteiger partial charge in [-0.15, -0.1) is 0 Å². The second kappa shape index (κ2) is 5.85. The van der Waals surface area contributed by atoms with E-state index in [1.165, 1.54) is 4.80 Å². The second-order valence-electron chi connectivity index (χ2n) is 8.10. The largest absolute Gasteiger partial charge is 0.328 e. The molecular weight excluding hydrogens is 366 g/mol. The number of hydrogen-bond donors (Lipinski definition) is 0. The highest BCUT2D eigenvalue weighted by Crippen LogP contribution is 2.54. The van der Waals surface area contributed by atoms with Gasteiger partial charge >= 0.3 is 0 Å². The Kier molecular flexibility index (Phi) is 3.36. The molecular formula is C21H21N7O. The maximum Gasteiger partial charge on any atom is 0.256 e. The molecule has 8 heteroatoms. The Balaban J connectivity index is 1.31. The molecule has 5 heterocycles. The number of benzene rings is 1. The fraction of sp³-hybridized carbons (Fsp3) is 0.381. The van der Waals surface area contributed by atoms with Gasteiger partial charge in [-0.3, -0.25) is 4.79 Å². The van der Waals surface area contributed by atoms with E-state index in [0.29, 0.717) is 17.6 Å². The van der Waals surface area contributed by atoms with Gasteiger partial charge in [-0.1, -0.05) is 12.1 Å². The van der Waals surface area contributed by atoms with Crippen LogP contribution < -0.4 is 4.90 Å². The third kappa shape index (κ3) is 2.35. The van der Waals surface area contributed by atoms with Crippen LogP contribution in [0.3, 0.4) is 0 Å². The van der Waals surface area contributed by atoms with Gasteiger partial charge in [0.05, 0.1) is 47.8 Å². The van der Waals surface area contributed by atoms with E-state index in [9.17, 15) is 4.79 Å². The molecule has 4 atom stereocenters. The van der Waals surface area contributed by atoms with Crippen molar-refractivity contribution in [2.24, 2.45) is 0 Å². The van der Waals surface area contributed by atoms with Crippen LogP contribution in [-0.4, -0.2) is 59.9 Å². The molecule has 0 saturated carbocycles. The molecule has 3 aromatic rings. The molecule has 146 valence electrons. The van der Waals surface area contributed by atoms with Gasteiger partial charge in [0.25, 0.3) is 5.91 Å². The molecule has 3 aliphatic rings. The first-order chi connectivity index (χ1) is 14.1. The number of carbonyl (C=O) groups is 1. The summed E-state index contributed by atoms with van der Waals surface area (Å²) in [7, 11) is 0. The number of aryl methyl sites for hydroxylation is 2. The molecule has 1 amide bonds. The SMILES string of the molecule is Cc1cc(C)nc(N2C3C4CCC(C32)N4C(=O)c2ccccc2-n2nccn2)n1. The minimum atomic E-state index is 0.0684. The summed E-state index contributed by atoms with van der Waals surface area (Å²) in [5.41, 5.74) is 3.34. The molecule has 0 aliphatic carbocycles. The summed E-state index contributed by atoms with van der Waals surface area (Å²) in [4.78, 5) is 28.8. The first kappa shape index (κ1) is 16.6. The van der Waals surface area contributed by atoms with Crippen molar-refractivity contribution in [1.29, 1.82) is 0 Å². The lowest BCUT2D eigenvalue weighted by atomic mass is 10.0. The first-order valence-electron chi connectivity index (χ1n) is 10.0. The fourth-order valence-corrected chi connectivity index (χ4v) is 5.33. The lowest BCUT2D eigenvalue weighted by Crippen LogP contribution is -2.43. The van der Waals surface area contributed by atoms with Crippen molar-refractivity contribution in [2.75, 3.05) is 4.90 Å². The summed E-state index contributed by atoms with van der Waals surface area (Å²) in [5, 5.41) is 8.42. The zero-order valence-electron chi connectivity index (χ0n) is 16.3. The van der Waals surface area contributed by atoms with E-state index in [0.717, 1.165) is 35.9 Å². The van der Waals surface area contributed by atoms with Crippen LogP contribution in [0.15, 0.2) is 42.7 Å². The maximum absolute atomic E-state index is 13.5. The number of carbonyl (C=O) groups excluding carboxylic acids is 1. The van der Waals surface area contributed by atoms with Crippen molar-refractivity contribution >= 4 is 11.9 Å². The van der Waals surface area contributed by atoms with Crippen molar-refractivity contribution in [1.82, 2.24) is 29.9 Å². The van der Waals surface area contributed by atoms with Gasteiger partial charge in [-0.25, -0.2) is 9.97 Å². The minimum Gasteiger partial charge on any atom is -0.328 e. The summed E-state index contributed by atoms with van der Waals surface area (Å²) in [6, 6.07) is 10.6. The highest BCUT2D eigenvalue weighted by Gasteiger charge is 2.70. The van der Waals surface area contributed by atoms with E-state index in [2.05, 4.69) is 30.0 Å². The van der Waals surface area contributed by atoms with E-state index in [4.69, 9.17) is 0 Å². The Labute approximate surface area is 168 Å². The van der Waals surface area contributed by atoms with Crippen LogP contribution in [0, 0.1) is 13.8 Å². The van der Waals surface area contributed by atoms with E-state index >= 15 is 0 Å². The monoisotopic (exact) mass is 387 g/mol. The lowest BCUT2D eigenvalue weighted by Gasteiger charge is -2.28.